The van der Waals surface area contributed by atoms with E-state index >= 15 is 0 Å². The summed E-state index contributed by atoms with van der Waals surface area (Å²) in [4.78, 5) is 23.1. The second kappa shape index (κ2) is 9.13. The number of para-hydroxylation sites is 1. The van der Waals surface area contributed by atoms with Gasteiger partial charge in [-0.25, -0.2) is 9.97 Å². The van der Waals surface area contributed by atoms with Crippen molar-refractivity contribution in [2.24, 2.45) is 0 Å². The molecular formula is C21H26N4O. The SMILES string of the molecule is CCN(C(=O)c1cnc(NCCC2=CCCCC2)nc1)c1ccccc1. The molecule has 2 aromatic rings. The standard InChI is InChI=1S/C21H26N4O/c1-2-25(19-11-7-4-8-12-19)20(26)18-15-23-21(24-16-18)22-14-13-17-9-5-3-6-10-17/h4,7-9,11-12,15-16H,2-3,5-6,10,13-14H2,1H3,(H,22,23,24). The highest BCUT2D eigenvalue weighted by Crippen LogP contribution is 2.20. The molecule has 1 N–H and O–H groups in total. The Kier molecular flexibility index (Phi) is 6.36. The molecule has 0 saturated heterocycles. The van der Waals surface area contributed by atoms with Gasteiger partial charge in [0.2, 0.25) is 5.95 Å². The van der Waals surface area contributed by atoms with Gasteiger partial charge in [-0.2, -0.15) is 0 Å². The van der Waals surface area contributed by atoms with Crippen molar-refractivity contribution >= 4 is 17.5 Å². The van der Waals surface area contributed by atoms with Crippen LogP contribution in [0.25, 0.3) is 0 Å². The van der Waals surface area contributed by atoms with E-state index in [2.05, 4.69) is 21.4 Å². The van der Waals surface area contributed by atoms with E-state index < -0.39 is 0 Å². The summed E-state index contributed by atoms with van der Waals surface area (Å²) in [7, 11) is 0. The Balaban J connectivity index is 1.57. The molecule has 5 heteroatoms. The maximum Gasteiger partial charge on any atom is 0.261 e. The normalized spacial score (nSPS) is 13.8. The number of aromatic nitrogens is 2. The third-order valence-electron chi connectivity index (χ3n) is 4.64. The van der Waals surface area contributed by atoms with E-state index in [1.165, 1.54) is 31.3 Å². The number of benzene rings is 1. The fourth-order valence-electron chi connectivity index (χ4n) is 3.20. The Morgan fingerprint density at radius 1 is 1.15 bits per heavy atom. The third kappa shape index (κ3) is 4.69. The zero-order valence-electron chi connectivity index (χ0n) is 15.3. The molecule has 1 amide bonds. The van der Waals surface area contributed by atoms with Crippen LogP contribution in [0.3, 0.4) is 0 Å². The maximum absolute atomic E-state index is 12.7. The molecule has 0 unspecified atom stereocenters. The van der Waals surface area contributed by atoms with Crippen molar-refractivity contribution in [3.63, 3.8) is 0 Å². The summed E-state index contributed by atoms with van der Waals surface area (Å²) in [5.41, 5.74) is 2.90. The van der Waals surface area contributed by atoms with E-state index in [-0.39, 0.29) is 5.91 Å². The van der Waals surface area contributed by atoms with E-state index in [9.17, 15) is 4.79 Å². The van der Waals surface area contributed by atoms with Gasteiger partial charge in [-0.3, -0.25) is 4.79 Å². The van der Waals surface area contributed by atoms with Crippen molar-refractivity contribution in [3.05, 3.63) is 59.9 Å². The highest BCUT2D eigenvalue weighted by molar-refractivity contribution is 6.05. The Morgan fingerprint density at radius 2 is 1.92 bits per heavy atom. The van der Waals surface area contributed by atoms with E-state index in [0.29, 0.717) is 18.1 Å². The summed E-state index contributed by atoms with van der Waals surface area (Å²) in [5, 5.41) is 3.25. The van der Waals surface area contributed by atoms with Crippen LogP contribution in [0, 0.1) is 0 Å². The van der Waals surface area contributed by atoms with Crippen LogP contribution in [-0.2, 0) is 0 Å². The van der Waals surface area contributed by atoms with E-state index in [0.717, 1.165) is 18.7 Å². The lowest BCUT2D eigenvalue weighted by Gasteiger charge is -2.20. The molecular weight excluding hydrogens is 324 g/mol. The van der Waals surface area contributed by atoms with Crippen molar-refractivity contribution in [2.75, 3.05) is 23.3 Å². The first-order valence-corrected chi connectivity index (χ1v) is 9.38. The zero-order chi connectivity index (χ0) is 18.2. The van der Waals surface area contributed by atoms with Gasteiger partial charge in [-0.15, -0.1) is 0 Å². The molecule has 1 aromatic heterocycles. The quantitative estimate of drug-likeness (QED) is 0.750. The molecule has 0 fully saturated rings. The molecule has 1 aliphatic rings. The van der Waals surface area contributed by atoms with Gasteiger partial charge < -0.3 is 10.2 Å². The Morgan fingerprint density at radius 3 is 2.58 bits per heavy atom. The molecule has 0 spiro atoms. The number of carbonyl (C=O) groups is 1. The molecule has 0 atom stereocenters. The molecule has 1 aromatic carbocycles. The Bertz CT molecular complexity index is 740. The zero-order valence-corrected chi connectivity index (χ0v) is 15.3. The molecule has 5 nitrogen and oxygen atoms in total. The molecule has 0 aliphatic heterocycles. The smallest absolute Gasteiger partial charge is 0.261 e. The number of carbonyl (C=O) groups excluding carboxylic acids is 1. The minimum absolute atomic E-state index is 0.0855. The first-order chi connectivity index (χ1) is 12.8. The number of amides is 1. The Labute approximate surface area is 155 Å². The summed E-state index contributed by atoms with van der Waals surface area (Å²) in [5.74, 6) is 0.485. The summed E-state index contributed by atoms with van der Waals surface area (Å²) < 4.78 is 0. The fraction of sp³-hybridized carbons (Fsp3) is 0.381. The molecule has 0 bridgehead atoms. The maximum atomic E-state index is 12.7. The van der Waals surface area contributed by atoms with Crippen LogP contribution < -0.4 is 10.2 Å². The number of hydrogen-bond donors (Lipinski definition) is 1. The lowest BCUT2D eigenvalue weighted by atomic mass is 9.97. The van der Waals surface area contributed by atoms with Crippen molar-refractivity contribution in [1.82, 2.24) is 9.97 Å². The Hall–Kier alpha value is -2.69. The van der Waals surface area contributed by atoms with Gasteiger partial charge in [0.15, 0.2) is 0 Å². The van der Waals surface area contributed by atoms with Crippen LogP contribution in [0.5, 0.6) is 0 Å². The van der Waals surface area contributed by atoms with Crippen molar-refractivity contribution < 1.29 is 4.79 Å². The predicted molar refractivity (Wildman–Crippen MR) is 105 cm³/mol. The van der Waals surface area contributed by atoms with Gasteiger partial charge in [0, 0.05) is 31.2 Å². The van der Waals surface area contributed by atoms with Gasteiger partial charge in [-0.05, 0) is 51.2 Å². The number of hydrogen-bond acceptors (Lipinski definition) is 4. The summed E-state index contributed by atoms with van der Waals surface area (Å²) in [6.07, 6.45) is 11.6. The van der Waals surface area contributed by atoms with Gasteiger partial charge >= 0.3 is 0 Å². The topological polar surface area (TPSA) is 58.1 Å². The highest BCUT2D eigenvalue weighted by Gasteiger charge is 2.16. The number of nitrogens with zero attached hydrogens (tertiary/aromatic N) is 3. The molecule has 0 saturated carbocycles. The first kappa shape index (κ1) is 18.1. The summed E-state index contributed by atoms with van der Waals surface area (Å²) in [6, 6.07) is 9.65. The minimum Gasteiger partial charge on any atom is -0.354 e. The van der Waals surface area contributed by atoms with Crippen LogP contribution in [0.1, 0.15) is 49.4 Å². The summed E-state index contributed by atoms with van der Waals surface area (Å²) in [6.45, 7) is 3.38. The minimum atomic E-state index is -0.0855. The second-order valence-electron chi connectivity index (χ2n) is 6.47. The van der Waals surface area contributed by atoms with Crippen molar-refractivity contribution in [1.29, 1.82) is 0 Å². The van der Waals surface area contributed by atoms with Crippen molar-refractivity contribution in [3.8, 4) is 0 Å². The van der Waals surface area contributed by atoms with Gasteiger partial charge in [0.1, 0.15) is 0 Å². The monoisotopic (exact) mass is 350 g/mol. The third-order valence-corrected chi connectivity index (χ3v) is 4.64. The number of rotatable bonds is 7. The van der Waals surface area contributed by atoms with E-state index in [1.54, 1.807) is 17.3 Å². The van der Waals surface area contributed by atoms with Crippen LogP contribution in [-0.4, -0.2) is 29.0 Å². The molecule has 1 heterocycles. The predicted octanol–water partition coefficient (Wildman–Crippen LogP) is 4.45. The van der Waals surface area contributed by atoms with E-state index in [4.69, 9.17) is 0 Å². The van der Waals surface area contributed by atoms with Gasteiger partial charge in [-0.1, -0.05) is 29.8 Å². The molecule has 136 valence electrons. The largest absolute Gasteiger partial charge is 0.354 e. The number of allylic oxidation sites excluding steroid dienone is 1. The molecule has 26 heavy (non-hydrogen) atoms. The molecule has 0 radical (unpaired) electrons. The fourth-order valence-corrected chi connectivity index (χ4v) is 3.20. The van der Waals surface area contributed by atoms with Crippen LogP contribution in [0.4, 0.5) is 11.6 Å². The van der Waals surface area contributed by atoms with Crippen molar-refractivity contribution in [2.45, 2.75) is 39.0 Å². The number of nitrogens with one attached hydrogen (secondary N) is 1. The lowest BCUT2D eigenvalue weighted by molar-refractivity contribution is 0.0987. The van der Waals surface area contributed by atoms with Gasteiger partial charge in [0.25, 0.3) is 5.91 Å². The average Bonchev–Trinajstić information content (AvgIpc) is 2.71. The van der Waals surface area contributed by atoms with Crippen LogP contribution in [0.15, 0.2) is 54.4 Å². The lowest BCUT2D eigenvalue weighted by Crippen LogP contribution is -2.30. The average molecular weight is 350 g/mol. The second-order valence-corrected chi connectivity index (χ2v) is 6.47. The molecule has 1 aliphatic carbocycles. The van der Waals surface area contributed by atoms with Crippen LogP contribution in [0.2, 0.25) is 0 Å². The van der Waals surface area contributed by atoms with Crippen LogP contribution >= 0.6 is 0 Å². The van der Waals surface area contributed by atoms with E-state index in [1.807, 2.05) is 37.3 Å². The van der Waals surface area contributed by atoms with Gasteiger partial charge in [0.05, 0.1) is 5.56 Å². The summed E-state index contributed by atoms with van der Waals surface area (Å²) >= 11 is 0. The highest BCUT2D eigenvalue weighted by atomic mass is 16.2. The molecule has 3 rings (SSSR count). The number of anilines is 2. The first-order valence-electron chi connectivity index (χ1n) is 9.38.